The van der Waals surface area contributed by atoms with Gasteiger partial charge in [-0.1, -0.05) is 12.1 Å². The quantitative estimate of drug-likeness (QED) is 0.270. The van der Waals surface area contributed by atoms with Gasteiger partial charge in [0.25, 0.3) is 5.91 Å². The number of nitrogens with zero attached hydrogens (tertiary/aromatic N) is 6. The monoisotopic (exact) mass is 448 g/mol. The van der Waals surface area contributed by atoms with E-state index in [0.717, 1.165) is 6.42 Å². The van der Waals surface area contributed by atoms with Crippen molar-refractivity contribution in [1.82, 2.24) is 30.7 Å². The number of benzene rings is 2. The van der Waals surface area contributed by atoms with E-state index in [-0.39, 0.29) is 23.1 Å². The van der Waals surface area contributed by atoms with Crippen LogP contribution in [0.3, 0.4) is 0 Å². The summed E-state index contributed by atoms with van der Waals surface area (Å²) < 4.78 is 11.6. The summed E-state index contributed by atoms with van der Waals surface area (Å²) in [7, 11) is 0. The number of hydrogen-bond donors (Lipinski definition) is 3. The maximum absolute atomic E-state index is 12.9. The van der Waals surface area contributed by atoms with Gasteiger partial charge in [-0.25, -0.2) is 10.1 Å². The van der Waals surface area contributed by atoms with Crippen LogP contribution in [0, 0.1) is 0 Å². The first-order valence-electron chi connectivity index (χ1n) is 9.96. The lowest BCUT2D eigenvalue weighted by molar-refractivity contribution is 0.0950. The third-order valence-electron chi connectivity index (χ3n) is 4.45. The molecule has 0 saturated carbocycles. The van der Waals surface area contributed by atoms with E-state index in [2.05, 4.69) is 35.8 Å². The zero-order valence-electron chi connectivity index (χ0n) is 17.5. The predicted octanol–water partition coefficient (Wildman–Crippen LogP) is 2.16. The fourth-order valence-corrected chi connectivity index (χ4v) is 2.89. The minimum Gasteiger partial charge on any atom is -0.508 e. The van der Waals surface area contributed by atoms with Crippen LogP contribution >= 0.6 is 0 Å². The number of carbonyl (C=O) groups excluding carboxylic acids is 1. The normalized spacial score (nSPS) is 11.1. The summed E-state index contributed by atoms with van der Waals surface area (Å²) in [5.41, 5.74) is 9.84. The van der Waals surface area contributed by atoms with Gasteiger partial charge in [0.1, 0.15) is 17.2 Å². The Kier molecular flexibility index (Phi) is 6.25. The molecular weight excluding hydrogens is 428 g/mol. The third kappa shape index (κ3) is 4.79. The first kappa shape index (κ1) is 21.5. The molecule has 0 aliphatic carbocycles. The molecule has 0 bridgehead atoms. The van der Waals surface area contributed by atoms with Gasteiger partial charge in [-0.2, -0.15) is 9.78 Å². The fourth-order valence-electron chi connectivity index (χ4n) is 2.89. The molecule has 168 valence electrons. The lowest BCUT2D eigenvalue weighted by Gasteiger charge is -2.08. The molecule has 2 aromatic carbocycles. The highest BCUT2D eigenvalue weighted by Crippen LogP contribution is 2.28. The van der Waals surface area contributed by atoms with Crippen LogP contribution in [0.5, 0.6) is 11.5 Å². The molecule has 0 atom stereocenters. The van der Waals surface area contributed by atoms with E-state index in [9.17, 15) is 9.90 Å². The van der Waals surface area contributed by atoms with Crippen molar-refractivity contribution in [2.24, 2.45) is 5.10 Å². The number of hydrogen-bond acceptors (Lipinski definition) is 10. The molecule has 1 amide bonds. The van der Waals surface area contributed by atoms with E-state index in [4.69, 9.17) is 10.5 Å². The number of amides is 1. The summed E-state index contributed by atoms with van der Waals surface area (Å²) in [6, 6.07) is 13.4. The van der Waals surface area contributed by atoms with Crippen LogP contribution in [0.2, 0.25) is 0 Å². The lowest BCUT2D eigenvalue weighted by atomic mass is 10.1. The standard InChI is InChI=1S/C21H20N8O4/c1-2-11-32-16-9-5-14(6-10-16)18-17(24-28-29(18)20-19(22)26-33-27-20)21(31)25-23-12-13-3-7-15(30)8-4-13/h3-10,12,30H,2,11H2,1H3,(H2,22,26)(H,25,31)/b23-12-. The van der Waals surface area contributed by atoms with Gasteiger partial charge in [0.05, 0.1) is 12.8 Å². The molecule has 0 aliphatic heterocycles. The fraction of sp³-hybridized carbons (Fsp3) is 0.143. The highest BCUT2D eigenvalue weighted by molar-refractivity contribution is 5.98. The Hall–Kier alpha value is -4.74. The van der Waals surface area contributed by atoms with Crippen LogP contribution in [0.15, 0.2) is 58.3 Å². The second-order valence-corrected chi connectivity index (χ2v) is 6.84. The Morgan fingerprint density at radius 2 is 1.97 bits per heavy atom. The number of phenols is 1. The first-order chi connectivity index (χ1) is 16.1. The molecule has 4 aromatic rings. The second-order valence-electron chi connectivity index (χ2n) is 6.84. The number of nitrogen functional groups attached to an aromatic ring is 1. The number of aromatic hydroxyl groups is 1. The van der Waals surface area contributed by atoms with Gasteiger partial charge in [0, 0.05) is 5.56 Å². The Bertz CT molecular complexity index is 1260. The van der Waals surface area contributed by atoms with Crippen molar-refractivity contribution in [3.63, 3.8) is 0 Å². The van der Waals surface area contributed by atoms with Crippen molar-refractivity contribution < 1.29 is 19.3 Å². The molecule has 0 aliphatic rings. The topological polar surface area (TPSA) is 167 Å². The summed E-state index contributed by atoms with van der Waals surface area (Å²) in [4.78, 5) is 12.9. The minimum absolute atomic E-state index is 0.0116. The van der Waals surface area contributed by atoms with Gasteiger partial charge < -0.3 is 15.6 Å². The zero-order chi connectivity index (χ0) is 23.2. The van der Waals surface area contributed by atoms with Gasteiger partial charge in [-0.15, -0.1) is 5.10 Å². The molecule has 33 heavy (non-hydrogen) atoms. The Labute approximate surface area is 187 Å². The number of phenolic OH excluding ortho intramolecular Hbond substituents is 1. The number of anilines is 1. The van der Waals surface area contributed by atoms with Crippen LogP contribution in [0.25, 0.3) is 17.1 Å². The Morgan fingerprint density at radius 1 is 1.21 bits per heavy atom. The van der Waals surface area contributed by atoms with Crippen molar-refractivity contribution in [1.29, 1.82) is 0 Å². The molecule has 0 unspecified atom stereocenters. The van der Waals surface area contributed by atoms with E-state index in [0.29, 0.717) is 29.2 Å². The first-order valence-corrected chi connectivity index (χ1v) is 9.96. The number of rotatable bonds is 8. The van der Waals surface area contributed by atoms with Crippen molar-refractivity contribution in [3.05, 3.63) is 59.8 Å². The molecule has 0 saturated heterocycles. The second kappa shape index (κ2) is 9.60. The number of nitrogens with two attached hydrogens (primary N) is 1. The largest absolute Gasteiger partial charge is 0.508 e. The molecule has 4 rings (SSSR count). The van der Waals surface area contributed by atoms with Crippen molar-refractivity contribution in [3.8, 4) is 28.6 Å². The third-order valence-corrected chi connectivity index (χ3v) is 4.45. The number of ether oxygens (including phenoxy) is 1. The van der Waals surface area contributed by atoms with Crippen LogP contribution in [-0.4, -0.2) is 49.1 Å². The zero-order valence-corrected chi connectivity index (χ0v) is 17.5. The highest BCUT2D eigenvalue weighted by atomic mass is 16.6. The highest BCUT2D eigenvalue weighted by Gasteiger charge is 2.25. The summed E-state index contributed by atoms with van der Waals surface area (Å²) in [5, 5.41) is 28.6. The maximum atomic E-state index is 12.9. The number of carbonyl (C=O) groups is 1. The molecule has 12 nitrogen and oxygen atoms in total. The number of nitrogens with one attached hydrogen (secondary N) is 1. The SMILES string of the molecule is CCCOc1ccc(-c2c(C(=O)N/N=C\c3ccc(O)cc3)nnn2-c2nonc2N)cc1. The van der Waals surface area contributed by atoms with E-state index in [1.54, 1.807) is 36.4 Å². The lowest BCUT2D eigenvalue weighted by Crippen LogP contribution is -2.19. The van der Waals surface area contributed by atoms with Crippen molar-refractivity contribution >= 4 is 17.9 Å². The van der Waals surface area contributed by atoms with Gasteiger partial charge in [0.15, 0.2) is 5.69 Å². The van der Waals surface area contributed by atoms with E-state index >= 15 is 0 Å². The van der Waals surface area contributed by atoms with Gasteiger partial charge in [-0.05, 0) is 70.8 Å². The van der Waals surface area contributed by atoms with E-state index in [1.165, 1.54) is 23.0 Å². The summed E-state index contributed by atoms with van der Waals surface area (Å²) in [5.74, 6) is 0.293. The predicted molar refractivity (Wildman–Crippen MR) is 118 cm³/mol. The maximum Gasteiger partial charge on any atom is 0.294 e. The smallest absolute Gasteiger partial charge is 0.294 e. The van der Waals surface area contributed by atoms with Gasteiger partial charge in [-0.3, -0.25) is 4.79 Å². The molecule has 0 fully saturated rings. The van der Waals surface area contributed by atoms with E-state index in [1.807, 2.05) is 6.92 Å². The molecule has 4 N–H and O–H groups in total. The van der Waals surface area contributed by atoms with Crippen molar-refractivity contribution in [2.45, 2.75) is 13.3 Å². The summed E-state index contributed by atoms with van der Waals surface area (Å²) in [6.45, 7) is 2.61. The Morgan fingerprint density at radius 3 is 2.64 bits per heavy atom. The van der Waals surface area contributed by atoms with Gasteiger partial charge in [0.2, 0.25) is 11.6 Å². The molecular formula is C21H20N8O4. The average molecular weight is 448 g/mol. The molecule has 2 heterocycles. The minimum atomic E-state index is -0.604. The van der Waals surface area contributed by atoms with E-state index < -0.39 is 5.91 Å². The Balaban J connectivity index is 1.65. The van der Waals surface area contributed by atoms with Gasteiger partial charge >= 0.3 is 0 Å². The summed E-state index contributed by atoms with van der Waals surface area (Å²) >= 11 is 0. The van der Waals surface area contributed by atoms with Crippen LogP contribution < -0.4 is 15.9 Å². The number of hydrazone groups is 1. The summed E-state index contributed by atoms with van der Waals surface area (Å²) in [6.07, 6.45) is 2.31. The molecule has 2 aromatic heterocycles. The molecule has 12 heteroatoms. The molecule has 0 spiro atoms. The average Bonchev–Trinajstić information content (AvgIpc) is 3.45. The van der Waals surface area contributed by atoms with Crippen LogP contribution in [0.1, 0.15) is 29.4 Å². The van der Waals surface area contributed by atoms with Crippen molar-refractivity contribution in [2.75, 3.05) is 12.3 Å². The van der Waals surface area contributed by atoms with Crippen LogP contribution in [0.4, 0.5) is 5.82 Å². The van der Waals surface area contributed by atoms with Crippen LogP contribution in [-0.2, 0) is 0 Å². The number of aromatic nitrogens is 5. The molecule has 0 radical (unpaired) electrons.